The van der Waals surface area contributed by atoms with E-state index in [1.807, 2.05) is 13.0 Å². The van der Waals surface area contributed by atoms with E-state index in [9.17, 15) is 9.59 Å². The topological polar surface area (TPSA) is 63.5 Å². The van der Waals surface area contributed by atoms with Crippen LogP contribution in [0, 0.1) is 13.8 Å². The number of halogens is 1. The molecule has 0 spiro atoms. The molecule has 0 saturated heterocycles. The lowest BCUT2D eigenvalue weighted by Crippen LogP contribution is -2.25. The Labute approximate surface area is 108 Å². The normalized spacial score (nSPS) is 10.6. The molecule has 0 fully saturated rings. The molecule has 1 N–H and O–H groups in total. The largest absolute Gasteiger partial charge is 0.319 e. The molecule has 2 aromatic heterocycles. The number of rotatable bonds is 2. The zero-order valence-corrected chi connectivity index (χ0v) is 10.8. The highest BCUT2D eigenvalue weighted by atomic mass is 35.5. The maximum absolute atomic E-state index is 12.2. The van der Waals surface area contributed by atoms with Crippen molar-refractivity contribution in [1.29, 1.82) is 0 Å². The van der Waals surface area contributed by atoms with Crippen LogP contribution in [0.2, 0.25) is 0 Å². The average molecular weight is 266 g/mol. The lowest BCUT2D eigenvalue weighted by molar-refractivity contribution is -0.113. The molecule has 0 bridgehead atoms. The minimum Gasteiger partial charge on any atom is -0.319 e. The third-order valence-corrected chi connectivity index (χ3v) is 2.86. The number of aryl methyl sites for hydroxylation is 2. The summed E-state index contributed by atoms with van der Waals surface area (Å²) in [5.41, 5.74) is 1.83. The van der Waals surface area contributed by atoms with Gasteiger partial charge in [-0.3, -0.25) is 14.0 Å². The van der Waals surface area contributed by atoms with Crippen LogP contribution in [-0.4, -0.2) is 21.2 Å². The minimum atomic E-state index is -0.425. The van der Waals surface area contributed by atoms with Gasteiger partial charge in [0.1, 0.15) is 17.2 Å². The van der Waals surface area contributed by atoms with Crippen molar-refractivity contribution in [3.8, 4) is 0 Å². The maximum Gasteiger partial charge on any atom is 0.281 e. The zero-order valence-electron chi connectivity index (χ0n) is 10.0. The molecular weight excluding hydrogens is 254 g/mol. The Morgan fingerprint density at radius 1 is 1.50 bits per heavy atom. The van der Waals surface area contributed by atoms with Gasteiger partial charge in [-0.15, -0.1) is 11.6 Å². The van der Waals surface area contributed by atoms with Gasteiger partial charge in [0.25, 0.3) is 5.56 Å². The molecule has 0 aliphatic rings. The van der Waals surface area contributed by atoms with Gasteiger partial charge in [-0.2, -0.15) is 0 Å². The first-order chi connectivity index (χ1) is 8.54. The van der Waals surface area contributed by atoms with Crippen LogP contribution in [0.4, 0.5) is 5.69 Å². The molecule has 1 amide bonds. The zero-order chi connectivity index (χ0) is 13.3. The van der Waals surface area contributed by atoms with E-state index in [-0.39, 0.29) is 17.1 Å². The highest BCUT2D eigenvalue weighted by Gasteiger charge is 2.12. The number of nitrogens with one attached hydrogen (secondary N) is 1. The second kappa shape index (κ2) is 4.78. The van der Waals surface area contributed by atoms with Crippen LogP contribution in [0.25, 0.3) is 5.65 Å². The van der Waals surface area contributed by atoms with Gasteiger partial charge in [-0.1, -0.05) is 6.07 Å². The number of anilines is 1. The number of nitrogens with zero attached hydrogens (tertiary/aromatic N) is 2. The summed E-state index contributed by atoms with van der Waals surface area (Å²) in [6.07, 6.45) is 1.62. The van der Waals surface area contributed by atoms with Crippen LogP contribution < -0.4 is 10.9 Å². The van der Waals surface area contributed by atoms with Gasteiger partial charge in [0.2, 0.25) is 5.91 Å². The van der Waals surface area contributed by atoms with Gasteiger partial charge in [-0.05, 0) is 25.5 Å². The summed E-state index contributed by atoms with van der Waals surface area (Å²) < 4.78 is 1.41. The quantitative estimate of drug-likeness (QED) is 0.837. The fourth-order valence-corrected chi connectivity index (χ4v) is 1.79. The van der Waals surface area contributed by atoms with Gasteiger partial charge >= 0.3 is 0 Å². The molecule has 2 rings (SSSR count). The molecule has 6 heteroatoms. The number of aromatic nitrogens is 2. The summed E-state index contributed by atoms with van der Waals surface area (Å²) in [4.78, 5) is 27.8. The van der Waals surface area contributed by atoms with Gasteiger partial charge in [0, 0.05) is 6.20 Å². The number of pyridine rings is 1. The third kappa shape index (κ3) is 2.09. The van der Waals surface area contributed by atoms with E-state index in [4.69, 9.17) is 11.6 Å². The number of amides is 1. The molecule has 0 saturated carbocycles. The van der Waals surface area contributed by atoms with Crippen molar-refractivity contribution in [3.63, 3.8) is 0 Å². The molecule has 18 heavy (non-hydrogen) atoms. The van der Waals surface area contributed by atoms with E-state index in [2.05, 4.69) is 10.3 Å². The molecular formula is C12H12ClN3O2. The van der Waals surface area contributed by atoms with Crippen molar-refractivity contribution < 1.29 is 4.79 Å². The molecule has 0 atom stereocenters. The molecule has 2 aromatic rings. The van der Waals surface area contributed by atoms with Crippen LogP contribution in [0.1, 0.15) is 11.3 Å². The van der Waals surface area contributed by atoms with Crippen molar-refractivity contribution >= 4 is 28.8 Å². The first kappa shape index (κ1) is 12.6. The van der Waals surface area contributed by atoms with E-state index in [0.717, 1.165) is 5.56 Å². The van der Waals surface area contributed by atoms with Gasteiger partial charge < -0.3 is 5.32 Å². The van der Waals surface area contributed by atoms with Crippen LogP contribution in [0.15, 0.2) is 23.1 Å². The number of carbonyl (C=O) groups excluding carboxylic acids is 1. The second-order valence-electron chi connectivity index (χ2n) is 3.94. The minimum absolute atomic E-state index is 0.170. The summed E-state index contributed by atoms with van der Waals surface area (Å²) in [7, 11) is 0. The summed E-state index contributed by atoms with van der Waals surface area (Å²) in [5.74, 6) is -0.624. The fraction of sp³-hybridized carbons (Fsp3) is 0.250. The summed E-state index contributed by atoms with van der Waals surface area (Å²) >= 11 is 5.41. The highest BCUT2D eigenvalue weighted by molar-refractivity contribution is 6.29. The molecule has 0 unspecified atom stereocenters. The van der Waals surface area contributed by atoms with Crippen LogP contribution >= 0.6 is 11.6 Å². The SMILES string of the molecule is Cc1nc2c(C)cccn2c(=O)c1NC(=O)CCl. The number of alkyl halides is 1. The average Bonchev–Trinajstić information content (AvgIpc) is 2.35. The Morgan fingerprint density at radius 3 is 2.89 bits per heavy atom. The predicted molar refractivity (Wildman–Crippen MR) is 70.3 cm³/mol. The predicted octanol–water partition coefficient (Wildman–Crippen LogP) is 1.49. The van der Waals surface area contributed by atoms with Gasteiger partial charge in [0.05, 0.1) is 5.69 Å². The summed E-state index contributed by atoms with van der Waals surface area (Å²) in [6, 6.07) is 3.63. The summed E-state index contributed by atoms with van der Waals surface area (Å²) in [5, 5.41) is 2.47. The molecule has 0 aliphatic carbocycles. The lowest BCUT2D eigenvalue weighted by atomic mass is 10.2. The lowest BCUT2D eigenvalue weighted by Gasteiger charge is -2.09. The monoisotopic (exact) mass is 265 g/mol. The molecule has 94 valence electrons. The van der Waals surface area contributed by atoms with Gasteiger partial charge in [-0.25, -0.2) is 4.98 Å². The molecule has 0 radical (unpaired) electrons. The van der Waals surface area contributed by atoms with E-state index < -0.39 is 5.91 Å². The molecule has 0 aliphatic heterocycles. The van der Waals surface area contributed by atoms with Crippen molar-refractivity contribution in [2.75, 3.05) is 11.2 Å². The van der Waals surface area contributed by atoms with Crippen molar-refractivity contribution in [1.82, 2.24) is 9.38 Å². The van der Waals surface area contributed by atoms with E-state index in [0.29, 0.717) is 11.3 Å². The first-order valence-electron chi connectivity index (χ1n) is 5.39. The molecule has 5 nitrogen and oxygen atoms in total. The number of carbonyl (C=O) groups is 1. The van der Waals surface area contributed by atoms with E-state index in [1.165, 1.54) is 4.40 Å². The Bertz CT molecular complexity index is 679. The Balaban J connectivity index is 2.70. The number of fused-ring (bicyclic) bond motifs is 1. The van der Waals surface area contributed by atoms with Crippen LogP contribution in [0.3, 0.4) is 0 Å². The fourth-order valence-electron chi connectivity index (χ4n) is 1.72. The Hall–Kier alpha value is -1.88. The van der Waals surface area contributed by atoms with Gasteiger partial charge in [0.15, 0.2) is 0 Å². The number of hydrogen-bond donors (Lipinski definition) is 1. The Kier molecular flexibility index (Phi) is 3.34. The van der Waals surface area contributed by atoms with Crippen molar-refractivity contribution in [3.05, 3.63) is 39.9 Å². The van der Waals surface area contributed by atoms with E-state index in [1.54, 1.807) is 19.2 Å². The maximum atomic E-state index is 12.2. The molecule has 0 aromatic carbocycles. The number of hydrogen-bond acceptors (Lipinski definition) is 3. The first-order valence-corrected chi connectivity index (χ1v) is 5.92. The van der Waals surface area contributed by atoms with Crippen LogP contribution in [-0.2, 0) is 4.79 Å². The Morgan fingerprint density at radius 2 is 2.22 bits per heavy atom. The van der Waals surface area contributed by atoms with Crippen molar-refractivity contribution in [2.24, 2.45) is 0 Å². The summed E-state index contributed by atoms with van der Waals surface area (Å²) in [6.45, 7) is 3.55. The van der Waals surface area contributed by atoms with Crippen LogP contribution in [0.5, 0.6) is 0 Å². The molecule has 2 heterocycles. The van der Waals surface area contributed by atoms with E-state index >= 15 is 0 Å². The smallest absolute Gasteiger partial charge is 0.281 e. The standard InChI is InChI=1S/C12H12ClN3O2/c1-7-4-3-5-16-11(7)14-8(2)10(12(16)18)15-9(17)6-13/h3-5H,6H2,1-2H3,(H,15,17). The van der Waals surface area contributed by atoms with Crippen molar-refractivity contribution in [2.45, 2.75) is 13.8 Å². The highest BCUT2D eigenvalue weighted by Crippen LogP contribution is 2.11. The third-order valence-electron chi connectivity index (χ3n) is 2.62. The second-order valence-corrected chi connectivity index (χ2v) is 4.21.